The summed E-state index contributed by atoms with van der Waals surface area (Å²) in [5.74, 6) is -0.524. The third-order valence-corrected chi connectivity index (χ3v) is 3.29. The highest BCUT2D eigenvalue weighted by Gasteiger charge is 2.15. The summed E-state index contributed by atoms with van der Waals surface area (Å²) in [6, 6.07) is 12.4. The maximum atomic E-state index is 13.4. The number of hydrogen-bond donors (Lipinski definition) is 0. The number of hydrogen-bond acceptors (Lipinski definition) is 2. The topological polar surface area (TPSA) is 20.3 Å². The monoisotopic (exact) mass is 271 g/mol. The number of nitrogens with zero attached hydrogens (tertiary/aromatic N) is 1. The van der Waals surface area contributed by atoms with E-state index in [1.807, 2.05) is 43.0 Å². The Morgan fingerprint density at radius 3 is 2.35 bits per heavy atom. The Morgan fingerprint density at radius 1 is 1.15 bits per heavy atom. The second kappa shape index (κ2) is 5.87. The lowest BCUT2D eigenvalue weighted by Crippen LogP contribution is -2.18. The average molecular weight is 271 g/mol. The van der Waals surface area contributed by atoms with E-state index >= 15 is 0 Å². The fraction of sp³-hybridized carbons (Fsp3) is 0.235. The Morgan fingerprint density at radius 2 is 1.80 bits per heavy atom. The molecule has 2 aromatic carbocycles. The van der Waals surface area contributed by atoms with E-state index in [-0.39, 0.29) is 11.6 Å². The molecule has 0 saturated carbocycles. The van der Waals surface area contributed by atoms with E-state index in [9.17, 15) is 9.18 Å². The summed E-state index contributed by atoms with van der Waals surface area (Å²) in [7, 11) is 0. The van der Waals surface area contributed by atoms with E-state index in [4.69, 9.17) is 0 Å². The second-order valence-corrected chi connectivity index (χ2v) is 4.80. The van der Waals surface area contributed by atoms with E-state index in [2.05, 4.69) is 0 Å². The van der Waals surface area contributed by atoms with E-state index in [1.165, 1.54) is 24.6 Å². The van der Waals surface area contributed by atoms with Crippen molar-refractivity contribution in [1.82, 2.24) is 0 Å². The summed E-state index contributed by atoms with van der Waals surface area (Å²) in [6.07, 6.45) is 0. The van der Waals surface area contributed by atoms with Crippen molar-refractivity contribution in [2.75, 3.05) is 11.4 Å². The highest BCUT2D eigenvalue weighted by Crippen LogP contribution is 2.29. The van der Waals surface area contributed by atoms with Crippen molar-refractivity contribution in [3.63, 3.8) is 0 Å². The van der Waals surface area contributed by atoms with Gasteiger partial charge >= 0.3 is 0 Å². The second-order valence-electron chi connectivity index (χ2n) is 4.80. The lowest BCUT2D eigenvalue weighted by atomic mass is 10.1. The predicted octanol–water partition coefficient (Wildman–Crippen LogP) is 4.49. The van der Waals surface area contributed by atoms with Gasteiger partial charge in [-0.25, -0.2) is 4.39 Å². The van der Waals surface area contributed by atoms with Crippen molar-refractivity contribution < 1.29 is 9.18 Å². The third kappa shape index (κ3) is 2.87. The first kappa shape index (κ1) is 14.3. The fourth-order valence-corrected chi connectivity index (χ4v) is 2.24. The first-order valence-electron chi connectivity index (χ1n) is 6.67. The van der Waals surface area contributed by atoms with Crippen LogP contribution in [0, 0.1) is 12.7 Å². The Bertz CT molecular complexity index is 619. The molecule has 0 bridgehead atoms. The number of Topliss-reactive ketones (excluding diaryl/α,β-unsaturated/α-hetero) is 1. The van der Waals surface area contributed by atoms with Gasteiger partial charge in [0.1, 0.15) is 5.82 Å². The van der Waals surface area contributed by atoms with Gasteiger partial charge < -0.3 is 4.90 Å². The van der Waals surface area contributed by atoms with Gasteiger partial charge in [-0.05, 0) is 51.1 Å². The maximum Gasteiger partial charge on any atom is 0.162 e. The molecule has 2 aromatic rings. The van der Waals surface area contributed by atoms with Gasteiger partial charge in [0.25, 0.3) is 0 Å². The molecule has 0 radical (unpaired) electrons. The number of rotatable bonds is 4. The van der Waals surface area contributed by atoms with Crippen LogP contribution in [-0.2, 0) is 0 Å². The molecule has 0 fully saturated rings. The molecule has 0 N–H and O–H groups in total. The molecular formula is C17H18FNO. The zero-order chi connectivity index (χ0) is 14.7. The van der Waals surface area contributed by atoms with E-state index in [0.29, 0.717) is 12.1 Å². The number of carbonyl (C=O) groups excluding carboxylic acids is 1. The molecule has 0 aliphatic heterocycles. The molecule has 2 rings (SSSR count). The summed E-state index contributed by atoms with van der Waals surface area (Å²) < 4.78 is 13.4. The van der Waals surface area contributed by atoms with Crippen LogP contribution in [0.4, 0.5) is 15.8 Å². The molecule has 0 unspecified atom stereocenters. The zero-order valence-corrected chi connectivity index (χ0v) is 12.0. The molecule has 0 aromatic heterocycles. The van der Waals surface area contributed by atoms with Crippen molar-refractivity contribution in [2.45, 2.75) is 20.8 Å². The van der Waals surface area contributed by atoms with Gasteiger partial charge in [0.05, 0.1) is 5.69 Å². The van der Waals surface area contributed by atoms with E-state index in [1.54, 1.807) is 6.07 Å². The van der Waals surface area contributed by atoms with Crippen molar-refractivity contribution in [1.29, 1.82) is 0 Å². The number of ketones is 1. The van der Waals surface area contributed by atoms with Crippen LogP contribution in [0.1, 0.15) is 29.8 Å². The molecule has 0 aliphatic rings. The molecule has 3 heteroatoms. The van der Waals surface area contributed by atoms with Crippen LogP contribution in [0.25, 0.3) is 0 Å². The standard InChI is InChI=1S/C17H18FNO/c1-4-19(15-8-5-12(2)6-9-15)17-10-7-14(18)11-16(17)13(3)20/h5-11H,4H2,1-3H3. The Balaban J connectivity index is 2.51. The van der Waals surface area contributed by atoms with Gasteiger partial charge in [0, 0.05) is 17.8 Å². The minimum Gasteiger partial charge on any atom is -0.341 e. The third-order valence-electron chi connectivity index (χ3n) is 3.29. The van der Waals surface area contributed by atoms with Crippen LogP contribution in [0.15, 0.2) is 42.5 Å². The van der Waals surface area contributed by atoms with Crippen LogP contribution < -0.4 is 4.90 Å². The molecule has 0 heterocycles. The first-order chi connectivity index (χ1) is 9.52. The zero-order valence-electron chi connectivity index (χ0n) is 12.0. The molecule has 0 atom stereocenters. The van der Waals surface area contributed by atoms with Gasteiger partial charge in [-0.15, -0.1) is 0 Å². The fourth-order valence-electron chi connectivity index (χ4n) is 2.24. The summed E-state index contributed by atoms with van der Waals surface area (Å²) in [5, 5.41) is 0. The average Bonchev–Trinajstić information content (AvgIpc) is 2.43. The van der Waals surface area contributed by atoms with Gasteiger partial charge in [-0.3, -0.25) is 4.79 Å². The molecule has 104 valence electrons. The lowest BCUT2D eigenvalue weighted by Gasteiger charge is -2.25. The van der Waals surface area contributed by atoms with Gasteiger partial charge in [-0.1, -0.05) is 17.7 Å². The molecule has 0 amide bonds. The van der Waals surface area contributed by atoms with Gasteiger partial charge in [-0.2, -0.15) is 0 Å². The molecule has 0 saturated heterocycles. The predicted molar refractivity (Wildman–Crippen MR) is 80.3 cm³/mol. The smallest absolute Gasteiger partial charge is 0.162 e. The van der Waals surface area contributed by atoms with Crippen molar-refractivity contribution >= 4 is 17.2 Å². The Labute approximate surface area is 118 Å². The number of halogens is 1. The highest BCUT2D eigenvalue weighted by molar-refractivity contribution is 6.00. The summed E-state index contributed by atoms with van der Waals surface area (Å²) >= 11 is 0. The number of aryl methyl sites for hydroxylation is 1. The number of benzene rings is 2. The minimum absolute atomic E-state index is 0.134. The van der Waals surface area contributed by atoms with Gasteiger partial charge in [0.2, 0.25) is 0 Å². The highest BCUT2D eigenvalue weighted by atomic mass is 19.1. The SMILES string of the molecule is CCN(c1ccc(C)cc1)c1ccc(F)cc1C(C)=O. The largest absolute Gasteiger partial charge is 0.341 e. The minimum atomic E-state index is -0.390. The Hall–Kier alpha value is -2.16. The van der Waals surface area contributed by atoms with E-state index in [0.717, 1.165) is 11.4 Å². The van der Waals surface area contributed by atoms with Crippen LogP contribution in [-0.4, -0.2) is 12.3 Å². The first-order valence-corrected chi connectivity index (χ1v) is 6.67. The molecule has 0 spiro atoms. The lowest BCUT2D eigenvalue weighted by molar-refractivity contribution is 0.101. The summed E-state index contributed by atoms with van der Waals surface area (Å²) in [6.45, 7) is 6.20. The number of carbonyl (C=O) groups is 1. The molecule has 0 aliphatic carbocycles. The Kier molecular flexibility index (Phi) is 4.18. The summed E-state index contributed by atoms with van der Waals surface area (Å²) in [5.41, 5.74) is 3.32. The van der Waals surface area contributed by atoms with Gasteiger partial charge in [0.15, 0.2) is 5.78 Å². The normalized spacial score (nSPS) is 10.4. The van der Waals surface area contributed by atoms with E-state index < -0.39 is 0 Å². The van der Waals surface area contributed by atoms with Crippen LogP contribution in [0.5, 0.6) is 0 Å². The summed E-state index contributed by atoms with van der Waals surface area (Å²) in [4.78, 5) is 13.7. The number of anilines is 2. The molecule has 2 nitrogen and oxygen atoms in total. The van der Waals surface area contributed by atoms with Crippen LogP contribution in [0.2, 0.25) is 0 Å². The molecule has 20 heavy (non-hydrogen) atoms. The van der Waals surface area contributed by atoms with Crippen LogP contribution >= 0.6 is 0 Å². The van der Waals surface area contributed by atoms with Crippen molar-refractivity contribution in [3.05, 3.63) is 59.4 Å². The maximum absolute atomic E-state index is 13.4. The van der Waals surface area contributed by atoms with Crippen molar-refractivity contribution in [2.24, 2.45) is 0 Å². The van der Waals surface area contributed by atoms with Crippen molar-refractivity contribution in [3.8, 4) is 0 Å². The van der Waals surface area contributed by atoms with Crippen LogP contribution in [0.3, 0.4) is 0 Å². The quantitative estimate of drug-likeness (QED) is 0.763. The molecular weight excluding hydrogens is 253 g/mol.